The van der Waals surface area contributed by atoms with Crippen molar-refractivity contribution in [2.75, 3.05) is 0 Å². The van der Waals surface area contributed by atoms with Crippen molar-refractivity contribution >= 4 is 5.91 Å². The van der Waals surface area contributed by atoms with Gasteiger partial charge in [0.1, 0.15) is 0 Å². The van der Waals surface area contributed by atoms with Gasteiger partial charge in [-0.2, -0.15) is 0 Å². The molecule has 0 aromatic carbocycles. The van der Waals surface area contributed by atoms with Gasteiger partial charge in [0.2, 0.25) is 5.91 Å². The topological polar surface area (TPSA) is 55.1 Å². The number of amides is 1. The Balaban J connectivity index is 2.33. The third kappa shape index (κ3) is 4.20. The molecule has 1 unspecified atom stereocenters. The van der Waals surface area contributed by atoms with Gasteiger partial charge in [0.25, 0.3) is 0 Å². The first kappa shape index (κ1) is 12.5. The predicted octanol–water partition coefficient (Wildman–Crippen LogP) is 1.66. The molecule has 1 fully saturated rings. The quantitative estimate of drug-likeness (QED) is 0.744. The lowest BCUT2D eigenvalue weighted by Crippen LogP contribution is -2.50. The van der Waals surface area contributed by atoms with Gasteiger partial charge in [-0.3, -0.25) is 4.79 Å². The van der Waals surface area contributed by atoms with Crippen LogP contribution < -0.4 is 11.1 Å². The van der Waals surface area contributed by atoms with E-state index in [4.69, 9.17) is 5.73 Å². The zero-order valence-electron chi connectivity index (χ0n) is 10.3. The van der Waals surface area contributed by atoms with E-state index in [9.17, 15) is 4.79 Å². The van der Waals surface area contributed by atoms with E-state index in [1.807, 2.05) is 20.8 Å². The highest BCUT2D eigenvalue weighted by molar-refractivity contribution is 5.82. The van der Waals surface area contributed by atoms with Crippen molar-refractivity contribution in [3.8, 4) is 0 Å². The molecule has 3 nitrogen and oxygen atoms in total. The molecule has 1 aliphatic carbocycles. The Morgan fingerprint density at radius 1 is 1.47 bits per heavy atom. The highest BCUT2D eigenvalue weighted by Crippen LogP contribution is 2.33. The fourth-order valence-electron chi connectivity index (χ4n) is 1.64. The smallest absolute Gasteiger partial charge is 0.237 e. The van der Waals surface area contributed by atoms with Gasteiger partial charge in [-0.25, -0.2) is 0 Å². The molecule has 0 heterocycles. The molecule has 0 bridgehead atoms. The minimum Gasteiger partial charge on any atom is -0.352 e. The largest absolute Gasteiger partial charge is 0.352 e. The molecule has 0 aromatic heterocycles. The second kappa shape index (κ2) is 4.52. The van der Waals surface area contributed by atoms with Gasteiger partial charge in [-0.05, 0) is 24.7 Å². The Labute approximate surface area is 92.8 Å². The molecule has 1 amide bonds. The zero-order valence-corrected chi connectivity index (χ0v) is 10.3. The molecule has 0 radical (unpaired) electrons. The van der Waals surface area contributed by atoms with E-state index < -0.39 is 6.04 Å². The van der Waals surface area contributed by atoms with E-state index in [2.05, 4.69) is 12.2 Å². The highest BCUT2D eigenvalue weighted by atomic mass is 16.2. The van der Waals surface area contributed by atoms with Crippen LogP contribution in [0.5, 0.6) is 0 Å². The average Bonchev–Trinajstić information content (AvgIpc) is 2.84. The molecular formula is C12H24N2O. The minimum absolute atomic E-state index is 0.0179. The summed E-state index contributed by atoms with van der Waals surface area (Å²) in [5.74, 6) is 0.821. The molecule has 0 aliphatic heterocycles. The second-order valence-electron chi connectivity index (χ2n) is 5.93. The van der Waals surface area contributed by atoms with E-state index in [1.54, 1.807) is 0 Å². The standard InChI is InChI=1S/C12H24N2O/c1-8(7-9-5-6-9)14-11(15)10(13)12(2,3)4/h8-10H,5-7,13H2,1-4H3,(H,14,15)/t8?,10-/m0/s1. The van der Waals surface area contributed by atoms with Crippen LogP contribution in [0.3, 0.4) is 0 Å². The first-order valence-corrected chi connectivity index (χ1v) is 5.86. The van der Waals surface area contributed by atoms with Crippen LogP contribution >= 0.6 is 0 Å². The molecule has 2 atom stereocenters. The summed E-state index contributed by atoms with van der Waals surface area (Å²) in [6.45, 7) is 8.03. The van der Waals surface area contributed by atoms with Crippen molar-refractivity contribution in [3.63, 3.8) is 0 Å². The first-order valence-electron chi connectivity index (χ1n) is 5.86. The number of nitrogens with one attached hydrogen (secondary N) is 1. The molecule has 0 saturated heterocycles. The molecule has 0 aromatic rings. The second-order valence-corrected chi connectivity index (χ2v) is 5.93. The summed E-state index contributed by atoms with van der Waals surface area (Å²) in [4.78, 5) is 11.8. The average molecular weight is 212 g/mol. The molecule has 1 saturated carbocycles. The Bertz CT molecular complexity index is 228. The van der Waals surface area contributed by atoms with E-state index in [-0.39, 0.29) is 17.4 Å². The fourth-order valence-corrected chi connectivity index (χ4v) is 1.64. The Kier molecular flexibility index (Phi) is 3.77. The summed E-state index contributed by atoms with van der Waals surface area (Å²) in [5.41, 5.74) is 5.71. The van der Waals surface area contributed by atoms with Crippen molar-refractivity contribution in [3.05, 3.63) is 0 Å². The lowest BCUT2D eigenvalue weighted by molar-refractivity contribution is -0.125. The molecule has 15 heavy (non-hydrogen) atoms. The minimum atomic E-state index is -0.417. The maximum absolute atomic E-state index is 11.8. The number of nitrogens with two attached hydrogens (primary N) is 1. The van der Waals surface area contributed by atoms with Crippen molar-refractivity contribution in [1.29, 1.82) is 0 Å². The maximum Gasteiger partial charge on any atom is 0.237 e. The summed E-state index contributed by atoms with van der Waals surface area (Å²) < 4.78 is 0. The summed E-state index contributed by atoms with van der Waals surface area (Å²) in [5, 5.41) is 2.99. The Morgan fingerprint density at radius 2 is 2.00 bits per heavy atom. The fraction of sp³-hybridized carbons (Fsp3) is 0.917. The van der Waals surface area contributed by atoms with Crippen LogP contribution in [0, 0.1) is 11.3 Å². The zero-order chi connectivity index (χ0) is 11.6. The third-order valence-corrected chi connectivity index (χ3v) is 2.99. The Morgan fingerprint density at radius 3 is 2.40 bits per heavy atom. The number of carbonyl (C=O) groups excluding carboxylic acids is 1. The van der Waals surface area contributed by atoms with Gasteiger partial charge < -0.3 is 11.1 Å². The van der Waals surface area contributed by atoms with Crippen LogP contribution in [0.15, 0.2) is 0 Å². The predicted molar refractivity (Wildman–Crippen MR) is 62.4 cm³/mol. The lowest BCUT2D eigenvalue weighted by atomic mass is 9.87. The molecule has 0 spiro atoms. The van der Waals surface area contributed by atoms with Crippen molar-refractivity contribution in [2.45, 2.75) is 59.0 Å². The molecule has 1 aliphatic rings. The summed E-state index contributed by atoms with van der Waals surface area (Å²) >= 11 is 0. The Hall–Kier alpha value is -0.570. The van der Waals surface area contributed by atoms with Crippen LogP contribution in [0.4, 0.5) is 0 Å². The molecule has 3 heteroatoms. The molecular weight excluding hydrogens is 188 g/mol. The van der Waals surface area contributed by atoms with Crippen LogP contribution in [0.1, 0.15) is 47.0 Å². The van der Waals surface area contributed by atoms with Crippen LogP contribution in [-0.2, 0) is 4.79 Å². The normalized spacial score (nSPS) is 20.9. The SMILES string of the molecule is CC(CC1CC1)NC(=O)[C@H](N)C(C)(C)C. The van der Waals surface area contributed by atoms with Crippen LogP contribution in [0.2, 0.25) is 0 Å². The maximum atomic E-state index is 11.8. The summed E-state index contributed by atoms with van der Waals surface area (Å²) in [6, 6.07) is -0.155. The van der Waals surface area contributed by atoms with Gasteiger partial charge in [0.05, 0.1) is 6.04 Å². The molecule has 1 rings (SSSR count). The van der Waals surface area contributed by atoms with Crippen molar-refractivity contribution in [1.82, 2.24) is 5.32 Å². The van der Waals surface area contributed by atoms with E-state index in [0.717, 1.165) is 12.3 Å². The molecule has 88 valence electrons. The number of hydrogen-bond donors (Lipinski definition) is 2. The van der Waals surface area contributed by atoms with Gasteiger partial charge in [-0.1, -0.05) is 33.6 Å². The van der Waals surface area contributed by atoms with Crippen LogP contribution in [0.25, 0.3) is 0 Å². The van der Waals surface area contributed by atoms with E-state index in [1.165, 1.54) is 12.8 Å². The first-order chi connectivity index (χ1) is 6.80. The van der Waals surface area contributed by atoms with Gasteiger partial charge >= 0.3 is 0 Å². The summed E-state index contributed by atoms with van der Waals surface area (Å²) in [6.07, 6.45) is 3.75. The summed E-state index contributed by atoms with van der Waals surface area (Å²) in [7, 11) is 0. The third-order valence-electron chi connectivity index (χ3n) is 2.99. The number of rotatable bonds is 4. The number of hydrogen-bond acceptors (Lipinski definition) is 2. The number of carbonyl (C=O) groups is 1. The van der Waals surface area contributed by atoms with Gasteiger partial charge in [0, 0.05) is 6.04 Å². The van der Waals surface area contributed by atoms with Gasteiger partial charge in [-0.15, -0.1) is 0 Å². The lowest BCUT2D eigenvalue weighted by Gasteiger charge is -2.27. The monoisotopic (exact) mass is 212 g/mol. The van der Waals surface area contributed by atoms with E-state index >= 15 is 0 Å². The highest BCUT2D eigenvalue weighted by Gasteiger charge is 2.29. The van der Waals surface area contributed by atoms with Crippen molar-refractivity contribution in [2.24, 2.45) is 17.1 Å². The molecule has 3 N–H and O–H groups in total. The van der Waals surface area contributed by atoms with Crippen LogP contribution in [-0.4, -0.2) is 18.0 Å². The van der Waals surface area contributed by atoms with E-state index in [0.29, 0.717) is 0 Å². The van der Waals surface area contributed by atoms with Gasteiger partial charge in [0.15, 0.2) is 0 Å². The van der Waals surface area contributed by atoms with Crippen molar-refractivity contribution < 1.29 is 4.79 Å².